The summed E-state index contributed by atoms with van der Waals surface area (Å²) < 4.78 is 5.62. The summed E-state index contributed by atoms with van der Waals surface area (Å²) in [6.07, 6.45) is -0.671. The molecule has 0 aromatic heterocycles. The molecular weight excluding hydrogens is 464 g/mol. The van der Waals surface area contributed by atoms with Crippen LogP contribution in [0.4, 0.5) is 10.5 Å². The van der Waals surface area contributed by atoms with E-state index >= 15 is 0 Å². The van der Waals surface area contributed by atoms with Crippen molar-refractivity contribution in [3.8, 4) is 11.1 Å². The zero-order valence-electron chi connectivity index (χ0n) is 19.1. The molecule has 8 heteroatoms. The van der Waals surface area contributed by atoms with Crippen LogP contribution in [0.3, 0.4) is 0 Å². The SMILES string of the molecule is Cc1ccc(NC(=O)OCC2c3ccccc3-c3ccccc32)c(C(=O)N2CSC[C@H]2C(=O)O)c1. The molecule has 35 heavy (non-hydrogen) atoms. The van der Waals surface area contributed by atoms with Gasteiger partial charge < -0.3 is 14.7 Å². The zero-order valence-corrected chi connectivity index (χ0v) is 19.9. The highest BCUT2D eigenvalue weighted by molar-refractivity contribution is 7.99. The number of anilines is 1. The molecule has 0 radical (unpaired) electrons. The van der Waals surface area contributed by atoms with Gasteiger partial charge in [-0.15, -0.1) is 11.8 Å². The fraction of sp³-hybridized carbons (Fsp3) is 0.222. The predicted molar refractivity (Wildman–Crippen MR) is 135 cm³/mol. The van der Waals surface area contributed by atoms with Gasteiger partial charge in [0, 0.05) is 11.7 Å². The van der Waals surface area contributed by atoms with Gasteiger partial charge in [0.1, 0.15) is 12.6 Å². The van der Waals surface area contributed by atoms with Crippen molar-refractivity contribution in [3.63, 3.8) is 0 Å². The van der Waals surface area contributed by atoms with Gasteiger partial charge in [-0.2, -0.15) is 0 Å². The Labute approximate surface area is 207 Å². The first-order valence-corrected chi connectivity index (χ1v) is 12.4. The van der Waals surface area contributed by atoms with E-state index < -0.39 is 24.0 Å². The molecule has 2 aliphatic rings. The number of rotatable bonds is 5. The number of aliphatic carboxylic acids is 1. The molecule has 0 spiro atoms. The third-order valence-corrected chi connectivity index (χ3v) is 7.43. The second-order valence-electron chi connectivity index (χ2n) is 8.63. The molecule has 0 bridgehead atoms. The van der Waals surface area contributed by atoms with Gasteiger partial charge in [0.05, 0.1) is 17.1 Å². The number of ether oxygens (including phenoxy) is 1. The molecule has 1 aliphatic heterocycles. The Morgan fingerprint density at radius 1 is 1.03 bits per heavy atom. The van der Waals surface area contributed by atoms with Crippen LogP contribution in [0, 0.1) is 6.92 Å². The van der Waals surface area contributed by atoms with Crippen LogP contribution < -0.4 is 5.32 Å². The van der Waals surface area contributed by atoms with Crippen LogP contribution in [0.25, 0.3) is 11.1 Å². The number of hydrogen-bond donors (Lipinski definition) is 2. The molecule has 7 nitrogen and oxygen atoms in total. The van der Waals surface area contributed by atoms with E-state index in [9.17, 15) is 19.5 Å². The first-order chi connectivity index (χ1) is 16.9. The molecule has 1 atom stereocenters. The molecule has 2 N–H and O–H groups in total. The van der Waals surface area contributed by atoms with E-state index in [-0.39, 0.29) is 24.0 Å². The highest BCUT2D eigenvalue weighted by atomic mass is 32.2. The number of aryl methyl sites for hydroxylation is 1. The van der Waals surface area contributed by atoms with Gasteiger partial charge in [-0.25, -0.2) is 9.59 Å². The van der Waals surface area contributed by atoms with Gasteiger partial charge in [0.15, 0.2) is 0 Å². The number of fused-ring (bicyclic) bond motifs is 3. The van der Waals surface area contributed by atoms with Gasteiger partial charge in [-0.05, 0) is 41.3 Å². The molecule has 1 fully saturated rings. The Hall–Kier alpha value is -3.78. The minimum absolute atomic E-state index is 0.0785. The summed E-state index contributed by atoms with van der Waals surface area (Å²) in [6.45, 7) is 1.99. The fourth-order valence-corrected chi connectivity index (χ4v) is 5.84. The first-order valence-electron chi connectivity index (χ1n) is 11.3. The van der Waals surface area contributed by atoms with Crippen LogP contribution in [-0.4, -0.2) is 52.3 Å². The number of carbonyl (C=O) groups is 3. The summed E-state index contributed by atoms with van der Waals surface area (Å²) in [5, 5.41) is 12.2. The average molecular weight is 489 g/mol. The number of carboxylic acid groups (broad SMARTS) is 1. The maximum atomic E-state index is 13.2. The van der Waals surface area contributed by atoms with Crippen molar-refractivity contribution in [1.82, 2.24) is 4.90 Å². The number of carboxylic acids is 1. The largest absolute Gasteiger partial charge is 0.480 e. The lowest BCUT2D eigenvalue weighted by Crippen LogP contribution is -2.42. The van der Waals surface area contributed by atoms with Crippen molar-refractivity contribution in [3.05, 3.63) is 89.0 Å². The van der Waals surface area contributed by atoms with Crippen molar-refractivity contribution in [1.29, 1.82) is 0 Å². The lowest BCUT2D eigenvalue weighted by atomic mass is 9.98. The van der Waals surface area contributed by atoms with Gasteiger partial charge in [0.25, 0.3) is 5.91 Å². The molecule has 1 saturated heterocycles. The smallest absolute Gasteiger partial charge is 0.411 e. The summed E-state index contributed by atoms with van der Waals surface area (Å²) in [5.74, 6) is -0.928. The Morgan fingerprint density at radius 2 is 1.69 bits per heavy atom. The van der Waals surface area contributed by atoms with Crippen LogP contribution in [0.1, 0.15) is 33.0 Å². The van der Waals surface area contributed by atoms with E-state index in [0.717, 1.165) is 27.8 Å². The van der Waals surface area contributed by atoms with E-state index in [1.54, 1.807) is 18.2 Å². The van der Waals surface area contributed by atoms with E-state index in [1.165, 1.54) is 16.7 Å². The van der Waals surface area contributed by atoms with E-state index in [0.29, 0.717) is 11.4 Å². The number of nitrogens with one attached hydrogen (secondary N) is 1. The molecule has 5 rings (SSSR count). The maximum absolute atomic E-state index is 13.2. The van der Waals surface area contributed by atoms with Crippen LogP contribution >= 0.6 is 11.8 Å². The van der Waals surface area contributed by atoms with Gasteiger partial charge >= 0.3 is 12.1 Å². The third kappa shape index (κ3) is 4.37. The van der Waals surface area contributed by atoms with E-state index in [2.05, 4.69) is 17.4 Å². The molecule has 3 aromatic carbocycles. The van der Waals surface area contributed by atoms with E-state index in [4.69, 9.17) is 4.74 Å². The maximum Gasteiger partial charge on any atom is 0.411 e. The van der Waals surface area contributed by atoms with Gasteiger partial charge in [-0.3, -0.25) is 10.1 Å². The van der Waals surface area contributed by atoms with Crippen LogP contribution in [-0.2, 0) is 9.53 Å². The molecule has 0 unspecified atom stereocenters. The van der Waals surface area contributed by atoms with Gasteiger partial charge in [-0.1, -0.05) is 60.2 Å². The van der Waals surface area contributed by atoms with Crippen molar-refractivity contribution < 1.29 is 24.2 Å². The van der Waals surface area contributed by atoms with Crippen molar-refractivity contribution >= 4 is 35.4 Å². The second kappa shape index (κ2) is 9.46. The van der Waals surface area contributed by atoms with Crippen molar-refractivity contribution in [2.45, 2.75) is 18.9 Å². The van der Waals surface area contributed by atoms with E-state index in [1.807, 2.05) is 43.3 Å². The first kappa shape index (κ1) is 23.0. The van der Waals surface area contributed by atoms with Gasteiger partial charge in [0.2, 0.25) is 0 Å². The molecular formula is C27H24N2O5S. The monoisotopic (exact) mass is 488 g/mol. The lowest BCUT2D eigenvalue weighted by molar-refractivity contribution is -0.140. The van der Waals surface area contributed by atoms with Crippen LogP contribution in [0.5, 0.6) is 0 Å². The quantitative estimate of drug-likeness (QED) is 0.527. The topological polar surface area (TPSA) is 95.9 Å². The molecule has 1 aliphatic carbocycles. The summed E-state index contributed by atoms with van der Waals surface area (Å²) >= 11 is 1.39. The number of benzene rings is 3. The predicted octanol–water partition coefficient (Wildman–Crippen LogP) is 4.96. The number of amides is 2. The highest BCUT2D eigenvalue weighted by Gasteiger charge is 2.36. The molecule has 178 valence electrons. The highest BCUT2D eigenvalue weighted by Crippen LogP contribution is 2.44. The summed E-state index contributed by atoms with van der Waals surface area (Å²) in [7, 11) is 0. The van der Waals surface area contributed by atoms with Crippen molar-refractivity contribution in [2.24, 2.45) is 0 Å². The second-order valence-corrected chi connectivity index (χ2v) is 9.63. The third-order valence-electron chi connectivity index (χ3n) is 6.41. The normalized spacial score (nSPS) is 16.5. The molecule has 2 amide bonds. The van der Waals surface area contributed by atoms with Crippen LogP contribution in [0.2, 0.25) is 0 Å². The molecule has 0 saturated carbocycles. The lowest BCUT2D eigenvalue weighted by Gasteiger charge is -2.22. The Kier molecular flexibility index (Phi) is 6.21. The Balaban J connectivity index is 1.33. The fourth-order valence-electron chi connectivity index (χ4n) is 4.69. The molecule has 1 heterocycles. The Morgan fingerprint density at radius 3 is 2.34 bits per heavy atom. The summed E-state index contributed by atoms with van der Waals surface area (Å²) in [4.78, 5) is 38.9. The zero-order chi connectivity index (χ0) is 24.5. The summed E-state index contributed by atoms with van der Waals surface area (Å²) in [5.41, 5.74) is 5.86. The summed E-state index contributed by atoms with van der Waals surface area (Å²) in [6, 6.07) is 20.4. The number of hydrogen-bond acceptors (Lipinski definition) is 5. The minimum atomic E-state index is -1.04. The van der Waals surface area contributed by atoms with Crippen LogP contribution in [0.15, 0.2) is 66.7 Å². The Bertz CT molecular complexity index is 1280. The minimum Gasteiger partial charge on any atom is -0.480 e. The number of thioether (sulfide) groups is 1. The molecule has 3 aromatic rings. The number of nitrogens with zero attached hydrogens (tertiary/aromatic N) is 1. The van der Waals surface area contributed by atoms with Crippen molar-refractivity contribution in [2.75, 3.05) is 23.6 Å². The average Bonchev–Trinajstić information content (AvgIpc) is 3.47. The standard InChI is InChI=1S/C27H24N2O5S/c1-16-10-11-23(21(12-16)25(30)29-15-35-14-24(29)26(31)32)28-27(33)34-13-22-19-8-4-2-6-17(19)18-7-3-5-9-20(18)22/h2-12,22,24H,13-15H2,1H3,(H,28,33)(H,31,32)/t24-/m0/s1. The number of carbonyl (C=O) groups excluding carboxylic acids is 2.